The molecule has 5 heteroatoms. The number of hydrogen-bond donors (Lipinski definition) is 2. The molecule has 82 valence electrons. The Morgan fingerprint density at radius 3 is 3.00 bits per heavy atom. The Morgan fingerprint density at radius 1 is 1.53 bits per heavy atom. The molecule has 2 rings (SSSR count). The molecule has 0 aliphatic heterocycles. The zero-order valence-corrected chi connectivity index (χ0v) is 11.0. The average Bonchev–Trinajstić information content (AvgIpc) is 2.58. The summed E-state index contributed by atoms with van der Waals surface area (Å²) < 4.78 is 1.05. The van der Waals surface area contributed by atoms with E-state index in [1.54, 1.807) is 6.20 Å². The molecule has 2 atom stereocenters. The number of aliphatic hydroxyl groups is 1. The van der Waals surface area contributed by atoms with Gasteiger partial charge in [-0.05, 0) is 47.9 Å². The van der Waals surface area contributed by atoms with Gasteiger partial charge >= 0.3 is 0 Å². The summed E-state index contributed by atoms with van der Waals surface area (Å²) >= 11 is 8.05. The van der Waals surface area contributed by atoms with Gasteiger partial charge in [-0.3, -0.25) is 0 Å². The molecule has 15 heavy (non-hydrogen) atoms. The summed E-state index contributed by atoms with van der Waals surface area (Å²) in [6.07, 6.45) is 4.30. The quantitative estimate of drug-likeness (QED) is 0.644. The van der Waals surface area contributed by atoms with Crippen LogP contribution in [0.15, 0.2) is 12.3 Å². The third-order valence-corrected chi connectivity index (χ3v) is 3.65. The molecule has 0 spiro atoms. The van der Waals surface area contributed by atoms with E-state index in [1.165, 1.54) is 0 Å². The number of halogens is 2. The number of rotatable bonds is 2. The molecule has 2 N–H and O–H groups in total. The maximum Gasteiger partial charge on any atom is 0.131 e. The molecular formula is C10H12ClIN2O. The van der Waals surface area contributed by atoms with Gasteiger partial charge in [-0.15, -0.1) is 0 Å². The summed E-state index contributed by atoms with van der Waals surface area (Å²) in [6.45, 7) is 0. The van der Waals surface area contributed by atoms with E-state index in [1.807, 2.05) is 6.07 Å². The summed E-state index contributed by atoms with van der Waals surface area (Å²) in [5, 5.41) is 13.3. The van der Waals surface area contributed by atoms with Crippen molar-refractivity contribution in [1.82, 2.24) is 4.98 Å². The lowest BCUT2D eigenvalue weighted by Gasteiger charge is -2.14. The molecule has 0 unspecified atom stereocenters. The molecule has 0 radical (unpaired) electrons. The number of hydrogen-bond acceptors (Lipinski definition) is 3. The molecule has 1 saturated carbocycles. The molecule has 1 aromatic heterocycles. The Morgan fingerprint density at radius 2 is 2.33 bits per heavy atom. The maximum absolute atomic E-state index is 9.42. The normalized spacial score (nSPS) is 25.5. The van der Waals surface area contributed by atoms with Crippen LogP contribution in [-0.2, 0) is 0 Å². The van der Waals surface area contributed by atoms with Gasteiger partial charge in [0.1, 0.15) is 5.15 Å². The zero-order valence-electron chi connectivity index (χ0n) is 8.08. The summed E-state index contributed by atoms with van der Waals surface area (Å²) in [4.78, 5) is 4.00. The fourth-order valence-electron chi connectivity index (χ4n) is 1.83. The van der Waals surface area contributed by atoms with Crippen LogP contribution in [-0.4, -0.2) is 22.2 Å². The molecule has 1 aromatic rings. The van der Waals surface area contributed by atoms with Crippen molar-refractivity contribution in [3.05, 3.63) is 21.0 Å². The second-order valence-electron chi connectivity index (χ2n) is 3.80. The lowest BCUT2D eigenvalue weighted by molar-refractivity contribution is 0.182. The topological polar surface area (TPSA) is 45.1 Å². The highest BCUT2D eigenvalue weighted by molar-refractivity contribution is 14.1. The molecular weight excluding hydrogens is 326 g/mol. The van der Waals surface area contributed by atoms with E-state index in [4.69, 9.17) is 11.6 Å². The minimum absolute atomic E-state index is 0.155. The number of nitrogens with one attached hydrogen (secondary N) is 1. The zero-order chi connectivity index (χ0) is 10.8. The Balaban J connectivity index is 2.07. The van der Waals surface area contributed by atoms with E-state index in [2.05, 4.69) is 32.9 Å². The van der Waals surface area contributed by atoms with Crippen LogP contribution in [0.3, 0.4) is 0 Å². The molecule has 1 aliphatic rings. The first kappa shape index (κ1) is 11.4. The Labute approximate surface area is 107 Å². The first-order valence-corrected chi connectivity index (χ1v) is 6.36. The Kier molecular flexibility index (Phi) is 3.69. The Hall–Kier alpha value is -0.0700. The van der Waals surface area contributed by atoms with Gasteiger partial charge in [0.25, 0.3) is 0 Å². The number of anilines is 1. The number of aromatic nitrogens is 1. The predicted octanol–water partition coefficient (Wildman–Crippen LogP) is 2.66. The van der Waals surface area contributed by atoms with Gasteiger partial charge in [-0.2, -0.15) is 0 Å². The molecule has 0 amide bonds. The van der Waals surface area contributed by atoms with E-state index < -0.39 is 0 Å². The molecule has 3 nitrogen and oxygen atoms in total. The van der Waals surface area contributed by atoms with E-state index >= 15 is 0 Å². The van der Waals surface area contributed by atoms with Crippen molar-refractivity contribution in [1.29, 1.82) is 0 Å². The third kappa shape index (κ3) is 2.95. The van der Waals surface area contributed by atoms with Gasteiger partial charge in [0.15, 0.2) is 0 Å². The van der Waals surface area contributed by atoms with Crippen molar-refractivity contribution in [3.63, 3.8) is 0 Å². The molecule has 1 fully saturated rings. The van der Waals surface area contributed by atoms with E-state index in [9.17, 15) is 5.11 Å². The molecule has 1 heterocycles. The van der Waals surface area contributed by atoms with Crippen molar-refractivity contribution in [2.75, 3.05) is 5.32 Å². The van der Waals surface area contributed by atoms with Crippen molar-refractivity contribution in [3.8, 4) is 0 Å². The van der Waals surface area contributed by atoms with Gasteiger partial charge in [-0.1, -0.05) is 11.6 Å². The minimum atomic E-state index is -0.155. The highest BCUT2D eigenvalue weighted by Gasteiger charge is 2.22. The van der Waals surface area contributed by atoms with Crippen LogP contribution in [0, 0.1) is 3.57 Å². The summed E-state index contributed by atoms with van der Waals surface area (Å²) in [6, 6.07) is 2.18. The van der Waals surface area contributed by atoms with Crippen LogP contribution in [0.4, 0.5) is 5.69 Å². The predicted molar refractivity (Wildman–Crippen MR) is 69.2 cm³/mol. The first-order valence-electron chi connectivity index (χ1n) is 4.91. The van der Waals surface area contributed by atoms with Crippen LogP contribution in [0.25, 0.3) is 0 Å². The van der Waals surface area contributed by atoms with Gasteiger partial charge in [0, 0.05) is 12.2 Å². The molecule has 1 aliphatic carbocycles. The second-order valence-corrected chi connectivity index (χ2v) is 5.34. The monoisotopic (exact) mass is 338 g/mol. The van der Waals surface area contributed by atoms with Crippen LogP contribution >= 0.6 is 34.2 Å². The summed E-state index contributed by atoms with van der Waals surface area (Å²) in [5.74, 6) is 0. The number of nitrogens with zero attached hydrogens (tertiary/aromatic N) is 1. The summed E-state index contributed by atoms with van der Waals surface area (Å²) in [5.41, 5.74) is 1.01. The SMILES string of the molecule is O[C@H]1CC[C@H](Nc2cc(Cl)ncc2I)C1. The van der Waals surface area contributed by atoms with Gasteiger partial charge in [0.2, 0.25) is 0 Å². The van der Waals surface area contributed by atoms with Crippen LogP contribution in [0.1, 0.15) is 19.3 Å². The van der Waals surface area contributed by atoms with Crippen LogP contribution in [0.2, 0.25) is 5.15 Å². The lowest BCUT2D eigenvalue weighted by atomic mass is 10.2. The first-order chi connectivity index (χ1) is 7.15. The highest BCUT2D eigenvalue weighted by atomic mass is 127. The van der Waals surface area contributed by atoms with E-state index in [0.717, 1.165) is 28.5 Å². The third-order valence-electron chi connectivity index (χ3n) is 2.59. The fourth-order valence-corrected chi connectivity index (χ4v) is 2.44. The van der Waals surface area contributed by atoms with Gasteiger partial charge in [0.05, 0.1) is 15.4 Å². The van der Waals surface area contributed by atoms with Crippen molar-refractivity contribution in [2.24, 2.45) is 0 Å². The fraction of sp³-hybridized carbons (Fsp3) is 0.500. The number of pyridine rings is 1. The second kappa shape index (κ2) is 4.84. The van der Waals surface area contributed by atoms with Crippen molar-refractivity contribution < 1.29 is 5.11 Å². The van der Waals surface area contributed by atoms with E-state index in [0.29, 0.717) is 11.2 Å². The van der Waals surface area contributed by atoms with Crippen LogP contribution in [0.5, 0.6) is 0 Å². The average molecular weight is 339 g/mol. The highest BCUT2D eigenvalue weighted by Crippen LogP contribution is 2.26. The Bertz CT molecular complexity index is 361. The number of aliphatic hydroxyl groups excluding tert-OH is 1. The van der Waals surface area contributed by atoms with Crippen molar-refractivity contribution >= 4 is 39.9 Å². The largest absolute Gasteiger partial charge is 0.393 e. The molecule has 0 bridgehead atoms. The maximum atomic E-state index is 9.42. The van der Waals surface area contributed by atoms with Crippen LogP contribution < -0.4 is 5.32 Å². The van der Waals surface area contributed by atoms with Crippen molar-refractivity contribution in [2.45, 2.75) is 31.4 Å². The molecule has 0 aromatic carbocycles. The summed E-state index contributed by atoms with van der Waals surface area (Å²) in [7, 11) is 0. The van der Waals surface area contributed by atoms with Gasteiger partial charge in [-0.25, -0.2) is 4.98 Å². The minimum Gasteiger partial charge on any atom is -0.393 e. The molecule has 0 saturated heterocycles. The lowest BCUT2D eigenvalue weighted by Crippen LogP contribution is -2.17. The standard InChI is InChI=1S/C10H12ClIN2O/c11-10-4-9(8(12)5-13-10)14-6-1-2-7(15)3-6/h4-7,15H,1-3H2,(H,13,14)/t6-,7-/m0/s1. The smallest absolute Gasteiger partial charge is 0.131 e. The van der Waals surface area contributed by atoms with E-state index in [-0.39, 0.29) is 6.10 Å². The van der Waals surface area contributed by atoms with Gasteiger partial charge < -0.3 is 10.4 Å².